The first-order chi connectivity index (χ1) is 34.1. The number of fused-ring (bicyclic) bond motifs is 5. The maximum atomic E-state index is 18.0. The number of carbonyl (C=O) groups is 3. The Labute approximate surface area is 410 Å². The van der Waals surface area contributed by atoms with Crippen molar-refractivity contribution < 1.29 is 68.8 Å². The van der Waals surface area contributed by atoms with Gasteiger partial charge in [0, 0.05) is 37.9 Å². The molecule has 2 aromatic heterocycles. The Hall–Kier alpha value is -7.32. The summed E-state index contributed by atoms with van der Waals surface area (Å²) in [7, 11) is 4.08. The van der Waals surface area contributed by atoms with Crippen molar-refractivity contribution in [3.63, 3.8) is 0 Å². The first-order valence-corrected chi connectivity index (χ1v) is 22.8. The Balaban J connectivity index is 1.33. The summed E-state index contributed by atoms with van der Waals surface area (Å²) in [6, 6.07) is 13.4. The minimum absolute atomic E-state index is 0.0875. The molecular formula is C51H51F7N6O8. The Kier molecular flexibility index (Phi) is 14.2. The van der Waals surface area contributed by atoms with E-state index in [1.807, 2.05) is 0 Å². The van der Waals surface area contributed by atoms with E-state index in [4.69, 9.17) is 23.7 Å². The zero-order valence-electron chi connectivity index (χ0n) is 40.2. The van der Waals surface area contributed by atoms with E-state index in [9.17, 15) is 9.59 Å². The monoisotopic (exact) mass is 1010 g/mol. The minimum atomic E-state index is -5.37. The van der Waals surface area contributed by atoms with Gasteiger partial charge in [-0.2, -0.15) is 13.2 Å². The van der Waals surface area contributed by atoms with Gasteiger partial charge in [-0.1, -0.05) is 30.3 Å². The lowest BCUT2D eigenvalue weighted by Gasteiger charge is -2.47. The van der Waals surface area contributed by atoms with E-state index in [1.54, 1.807) is 69.3 Å². The fourth-order valence-corrected chi connectivity index (χ4v) is 9.54. The number of anilines is 2. The number of halogens is 7. The average molecular weight is 1010 g/mol. The number of hydrogen-bond acceptors (Lipinski definition) is 12. The number of carbonyl (C=O) groups excluding carboxylic acids is 3. The normalized spacial score (nSPS) is 18.5. The van der Waals surface area contributed by atoms with Crippen molar-refractivity contribution in [1.29, 1.82) is 0 Å². The lowest BCUT2D eigenvalue weighted by molar-refractivity contribution is -0.137. The summed E-state index contributed by atoms with van der Waals surface area (Å²) in [6.45, 7) is 4.86. The highest BCUT2D eigenvalue weighted by atomic mass is 19.4. The highest BCUT2D eigenvalue weighted by molar-refractivity contribution is 6.03. The lowest BCUT2D eigenvalue weighted by Crippen LogP contribution is -2.67. The van der Waals surface area contributed by atoms with Crippen LogP contribution in [0.25, 0.3) is 11.3 Å². The van der Waals surface area contributed by atoms with Gasteiger partial charge in [-0.3, -0.25) is 9.69 Å². The number of hydrogen-bond donors (Lipinski definition) is 1. The molecule has 5 aromatic rings. The number of piperazine rings is 1. The van der Waals surface area contributed by atoms with E-state index < -0.39 is 124 Å². The predicted octanol–water partition coefficient (Wildman–Crippen LogP) is 9.99. The average Bonchev–Trinajstić information content (AvgIpc) is 3.60. The number of methoxy groups -OCH3 is 3. The Morgan fingerprint density at radius 3 is 2.03 bits per heavy atom. The smallest absolute Gasteiger partial charge is 0.417 e. The number of esters is 1. The molecule has 2 bridgehead atoms. The van der Waals surface area contributed by atoms with Crippen LogP contribution in [-0.4, -0.2) is 102 Å². The number of benzene rings is 3. The van der Waals surface area contributed by atoms with Gasteiger partial charge in [-0.15, -0.1) is 0 Å². The molecule has 0 radical (unpaired) electrons. The molecule has 0 spiro atoms. The van der Waals surface area contributed by atoms with E-state index in [0.717, 1.165) is 25.0 Å². The van der Waals surface area contributed by atoms with Crippen molar-refractivity contribution >= 4 is 29.3 Å². The number of pyridine rings is 2. The maximum absolute atomic E-state index is 18.0. The fourth-order valence-electron chi connectivity index (χ4n) is 9.54. The van der Waals surface area contributed by atoms with Gasteiger partial charge in [0.05, 0.1) is 56.4 Å². The molecule has 2 fully saturated rings. The van der Waals surface area contributed by atoms with Gasteiger partial charge in [0.15, 0.2) is 11.9 Å². The molecule has 5 heterocycles. The van der Waals surface area contributed by atoms with Gasteiger partial charge < -0.3 is 38.8 Å². The number of rotatable bonds is 13. The second kappa shape index (κ2) is 20.1. The number of nitrogens with one attached hydrogen (secondary N) is 1. The van der Waals surface area contributed by atoms with Crippen molar-refractivity contribution in [2.45, 2.75) is 103 Å². The van der Waals surface area contributed by atoms with Crippen molar-refractivity contribution in [2.24, 2.45) is 0 Å². The van der Waals surface area contributed by atoms with Crippen molar-refractivity contribution in [3.8, 4) is 28.6 Å². The number of aromatic nitrogens is 2. The third kappa shape index (κ3) is 10.1. The van der Waals surface area contributed by atoms with Gasteiger partial charge in [-0.25, -0.2) is 37.1 Å². The van der Waals surface area contributed by atoms with Crippen LogP contribution in [0, 0.1) is 18.6 Å². The molecule has 2 saturated heterocycles. The summed E-state index contributed by atoms with van der Waals surface area (Å²) in [6.07, 6.45) is -10.2. The van der Waals surface area contributed by atoms with Crippen LogP contribution in [0.5, 0.6) is 17.4 Å². The third-order valence-corrected chi connectivity index (χ3v) is 12.8. The number of nitrogens with zero attached hydrogens (tertiary/aromatic N) is 5. The maximum Gasteiger partial charge on any atom is 0.417 e. The van der Waals surface area contributed by atoms with Crippen LogP contribution in [-0.2, 0) is 35.3 Å². The molecule has 72 heavy (non-hydrogen) atoms. The molecule has 0 unspecified atom stereocenters. The number of amides is 2. The summed E-state index contributed by atoms with van der Waals surface area (Å²) in [5.41, 5.74) is -6.24. The van der Waals surface area contributed by atoms with Crippen LogP contribution < -0.4 is 24.4 Å². The van der Waals surface area contributed by atoms with E-state index >= 15 is 35.5 Å². The van der Waals surface area contributed by atoms with Crippen LogP contribution in [0.1, 0.15) is 82.3 Å². The Bertz CT molecular complexity index is 2800. The molecule has 4 atom stereocenters. The van der Waals surface area contributed by atoms with Crippen LogP contribution in [0.3, 0.4) is 0 Å². The highest BCUT2D eigenvalue weighted by Gasteiger charge is 2.58. The molecule has 14 nitrogen and oxygen atoms in total. The van der Waals surface area contributed by atoms with E-state index in [2.05, 4.69) is 15.3 Å². The molecule has 2 amide bonds. The van der Waals surface area contributed by atoms with E-state index in [-0.39, 0.29) is 37.3 Å². The summed E-state index contributed by atoms with van der Waals surface area (Å²) in [5, 5.41) is 2.77. The Morgan fingerprint density at radius 1 is 0.889 bits per heavy atom. The van der Waals surface area contributed by atoms with Gasteiger partial charge >= 0.3 is 18.2 Å². The third-order valence-electron chi connectivity index (χ3n) is 12.8. The summed E-state index contributed by atoms with van der Waals surface area (Å²) in [4.78, 5) is 52.9. The zero-order valence-corrected chi connectivity index (χ0v) is 40.2. The van der Waals surface area contributed by atoms with E-state index in [0.29, 0.717) is 29.0 Å². The van der Waals surface area contributed by atoms with Crippen LogP contribution in [0.2, 0.25) is 0 Å². The van der Waals surface area contributed by atoms with Gasteiger partial charge in [0.2, 0.25) is 5.88 Å². The Morgan fingerprint density at radius 2 is 1.50 bits per heavy atom. The zero-order chi connectivity index (χ0) is 52.0. The SMILES string of the molecule is COC(=O)c1ccc(CNc2c(F)c(-c3cc(N(Cc4ccc(OC)cc4)Cc4ccc(OC)cc4)c(F)c(C)c3C(F)(F)F)nc3c2C(=O)N2C[C@H]4CC[C@@H]([C@H]2[C@H](C(F)F)O3)N4C(=O)OC(C)(C)C)cn1. The molecule has 3 aliphatic heterocycles. The summed E-state index contributed by atoms with van der Waals surface area (Å²) >= 11 is 0. The molecule has 3 aromatic carbocycles. The van der Waals surface area contributed by atoms with Gasteiger partial charge in [0.25, 0.3) is 12.3 Å². The molecule has 0 saturated carbocycles. The largest absolute Gasteiger partial charge is 0.497 e. The molecule has 21 heteroatoms. The molecule has 8 rings (SSSR count). The van der Waals surface area contributed by atoms with Crippen LogP contribution >= 0.6 is 0 Å². The predicted molar refractivity (Wildman–Crippen MR) is 248 cm³/mol. The summed E-state index contributed by atoms with van der Waals surface area (Å²) in [5.74, 6) is -4.60. The second-order valence-electron chi connectivity index (χ2n) is 18.6. The first-order valence-electron chi connectivity index (χ1n) is 22.8. The molecular weight excluding hydrogens is 958 g/mol. The minimum Gasteiger partial charge on any atom is -0.497 e. The van der Waals surface area contributed by atoms with E-state index in [1.165, 1.54) is 42.3 Å². The molecule has 0 aliphatic carbocycles. The first kappa shape index (κ1) is 51.0. The quantitative estimate of drug-likeness (QED) is 0.0886. The lowest BCUT2D eigenvalue weighted by atomic mass is 9.94. The standard InChI is InChI=1S/C51H51F7N6O8/c1-26-38(51(56,57)58)33(20-36(39(26)52)62(23-27-8-14-31(68-5)15-9-27)24-28-10-16-32(69-6)17-11-28)41-40(53)42(60-22-29-12-18-34(59-21-29)48(66)70-7)37-46(61-41)71-44(45(54)55)43-35-19-13-30(25-63(43)47(37)65)64(35)49(67)72-50(2,3)4/h8-12,14-18,20-21,30,35,43-45H,13,19,22-25H2,1-7H3,(H,60,61)/t30-,35+,43+,44-/m1/s1. The fraction of sp³-hybridized carbons (Fsp3) is 0.392. The van der Waals surface area contributed by atoms with Crippen molar-refractivity contribution in [1.82, 2.24) is 19.8 Å². The van der Waals surface area contributed by atoms with Crippen molar-refractivity contribution in [3.05, 3.63) is 124 Å². The topological polar surface area (TPSA) is 145 Å². The molecule has 3 aliphatic rings. The van der Waals surface area contributed by atoms with Gasteiger partial charge in [-0.05, 0) is 99.2 Å². The highest BCUT2D eigenvalue weighted by Crippen LogP contribution is 2.49. The van der Waals surface area contributed by atoms with Crippen LogP contribution in [0.15, 0.2) is 72.9 Å². The van der Waals surface area contributed by atoms with Gasteiger partial charge in [0.1, 0.15) is 39.9 Å². The summed E-state index contributed by atoms with van der Waals surface area (Å²) < 4.78 is 140. The molecule has 1 N–H and O–H groups in total. The number of alkyl halides is 5. The molecule has 382 valence electrons. The van der Waals surface area contributed by atoms with Crippen molar-refractivity contribution in [2.75, 3.05) is 38.1 Å². The van der Waals surface area contributed by atoms with Crippen LogP contribution in [0.4, 0.5) is 46.9 Å². The number of ether oxygens (including phenoxy) is 5. The second-order valence-corrected chi connectivity index (χ2v) is 18.6.